The Morgan fingerprint density at radius 2 is 2.14 bits per heavy atom. The van der Waals surface area contributed by atoms with E-state index in [1.807, 2.05) is 35.1 Å². The van der Waals surface area contributed by atoms with Crippen molar-refractivity contribution in [3.8, 4) is 11.3 Å². The first-order valence-electron chi connectivity index (χ1n) is 6.80. The van der Waals surface area contributed by atoms with Gasteiger partial charge in [0.05, 0.1) is 18.3 Å². The SMILES string of the molecule is CNC(=O)[C@@H]1C[C@H](n2cc(-c3ccc(Cl)cc3)nn2)CN1.Cl. The number of likely N-dealkylation sites (N-methyl/N-ethyl adjacent to an activating group) is 1. The number of carbonyl (C=O) groups excluding carboxylic acids is 1. The van der Waals surface area contributed by atoms with E-state index in [9.17, 15) is 4.79 Å². The number of benzene rings is 1. The molecule has 118 valence electrons. The minimum absolute atomic E-state index is 0. The predicted octanol–water partition coefficient (Wildman–Crippen LogP) is 1.67. The summed E-state index contributed by atoms with van der Waals surface area (Å²) < 4.78 is 1.82. The van der Waals surface area contributed by atoms with E-state index in [0.717, 1.165) is 11.3 Å². The van der Waals surface area contributed by atoms with Crippen LogP contribution in [0, 0.1) is 0 Å². The van der Waals surface area contributed by atoms with Crippen molar-refractivity contribution in [1.29, 1.82) is 0 Å². The van der Waals surface area contributed by atoms with E-state index in [-0.39, 0.29) is 30.4 Å². The van der Waals surface area contributed by atoms with Crippen molar-refractivity contribution in [3.05, 3.63) is 35.5 Å². The van der Waals surface area contributed by atoms with E-state index in [0.29, 0.717) is 18.0 Å². The first-order chi connectivity index (χ1) is 10.2. The van der Waals surface area contributed by atoms with Crippen molar-refractivity contribution < 1.29 is 4.79 Å². The van der Waals surface area contributed by atoms with E-state index in [1.165, 1.54) is 0 Å². The maximum atomic E-state index is 11.6. The van der Waals surface area contributed by atoms with Gasteiger partial charge in [0.15, 0.2) is 0 Å². The molecule has 1 aliphatic rings. The van der Waals surface area contributed by atoms with Crippen molar-refractivity contribution in [2.45, 2.75) is 18.5 Å². The van der Waals surface area contributed by atoms with Crippen LogP contribution in [0.1, 0.15) is 12.5 Å². The lowest BCUT2D eigenvalue weighted by Gasteiger charge is -2.08. The molecule has 1 aromatic carbocycles. The topological polar surface area (TPSA) is 71.8 Å². The van der Waals surface area contributed by atoms with E-state index in [2.05, 4.69) is 20.9 Å². The van der Waals surface area contributed by atoms with Crippen LogP contribution in [0.5, 0.6) is 0 Å². The highest BCUT2D eigenvalue weighted by Crippen LogP contribution is 2.23. The van der Waals surface area contributed by atoms with E-state index < -0.39 is 0 Å². The standard InChI is InChI=1S/C14H16ClN5O.ClH/c1-16-14(21)12-6-11(7-17-12)20-8-13(18-19-20)9-2-4-10(15)5-3-9;/h2-5,8,11-12,17H,6-7H2,1H3,(H,16,21);1H/t11-,12-;/m0./s1. The molecule has 0 radical (unpaired) electrons. The molecule has 1 amide bonds. The lowest BCUT2D eigenvalue weighted by Crippen LogP contribution is -2.38. The fourth-order valence-corrected chi connectivity index (χ4v) is 2.63. The molecule has 1 fully saturated rings. The van der Waals surface area contributed by atoms with Crippen LogP contribution in [-0.4, -0.2) is 40.5 Å². The molecule has 2 heterocycles. The van der Waals surface area contributed by atoms with Crippen LogP contribution in [0.25, 0.3) is 11.3 Å². The van der Waals surface area contributed by atoms with Gasteiger partial charge in [-0.2, -0.15) is 0 Å². The molecule has 2 aromatic rings. The number of nitrogens with zero attached hydrogens (tertiary/aromatic N) is 3. The number of hydrogen-bond donors (Lipinski definition) is 2. The van der Waals surface area contributed by atoms with Gasteiger partial charge in [-0.05, 0) is 18.6 Å². The summed E-state index contributed by atoms with van der Waals surface area (Å²) >= 11 is 5.88. The summed E-state index contributed by atoms with van der Waals surface area (Å²) in [6, 6.07) is 7.46. The first kappa shape index (κ1) is 16.7. The monoisotopic (exact) mass is 341 g/mol. The summed E-state index contributed by atoms with van der Waals surface area (Å²) in [5.74, 6) is 0.00976. The zero-order chi connectivity index (χ0) is 14.8. The van der Waals surface area contributed by atoms with Gasteiger partial charge in [-0.3, -0.25) is 4.79 Å². The summed E-state index contributed by atoms with van der Waals surface area (Å²) in [7, 11) is 1.64. The molecule has 1 aliphatic heterocycles. The molecule has 0 bridgehead atoms. The molecule has 3 rings (SSSR count). The number of hydrogen-bond acceptors (Lipinski definition) is 4. The van der Waals surface area contributed by atoms with Crippen molar-refractivity contribution in [2.24, 2.45) is 0 Å². The lowest BCUT2D eigenvalue weighted by molar-refractivity contribution is -0.122. The summed E-state index contributed by atoms with van der Waals surface area (Å²) in [6.45, 7) is 0.710. The molecule has 0 unspecified atom stereocenters. The second kappa shape index (κ2) is 7.09. The van der Waals surface area contributed by atoms with Gasteiger partial charge >= 0.3 is 0 Å². The quantitative estimate of drug-likeness (QED) is 0.890. The van der Waals surface area contributed by atoms with E-state index >= 15 is 0 Å². The fraction of sp³-hybridized carbons (Fsp3) is 0.357. The third-order valence-electron chi connectivity index (χ3n) is 3.69. The molecule has 2 atom stereocenters. The number of nitrogens with one attached hydrogen (secondary N) is 2. The Hall–Kier alpha value is -1.63. The molecule has 0 spiro atoms. The summed E-state index contributed by atoms with van der Waals surface area (Å²) in [5, 5.41) is 14.9. The molecule has 8 heteroatoms. The van der Waals surface area contributed by atoms with Crippen molar-refractivity contribution in [1.82, 2.24) is 25.6 Å². The molecule has 0 saturated carbocycles. The first-order valence-corrected chi connectivity index (χ1v) is 7.18. The summed E-state index contributed by atoms with van der Waals surface area (Å²) in [4.78, 5) is 11.6. The van der Waals surface area contributed by atoms with E-state index in [4.69, 9.17) is 11.6 Å². The van der Waals surface area contributed by atoms with Crippen LogP contribution in [0.15, 0.2) is 30.5 Å². The molecule has 2 N–H and O–H groups in total. The van der Waals surface area contributed by atoms with Gasteiger partial charge < -0.3 is 10.6 Å². The second-order valence-electron chi connectivity index (χ2n) is 5.06. The molecular formula is C14H17Cl2N5O. The molecule has 0 aliphatic carbocycles. The van der Waals surface area contributed by atoms with Crippen LogP contribution in [0.4, 0.5) is 0 Å². The van der Waals surface area contributed by atoms with Gasteiger partial charge in [0, 0.05) is 24.2 Å². The third-order valence-corrected chi connectivity index (χ3v) is 3.95. The number of rotatable bonds is 3. The van der Waals surface area contributed by atoms with Crippen LogP contribution in [0.3, 0.4) is 0 Å². The Kier molecular flexibility index (Phi) is 5.39. The van der Waals surface area contributed by atoms with Gasteiger partial charge in [-0.25, -0.2) is 4.68 Å². The molecular weight excluding hydrogens is 325 g/mol. The van der Waals surface area contributed by atoms with Gasteiger partial charge in [0.2, 0.25) is 5.91 Å². The predicted molar refractivity (Wildman–Crippen MR) is 87.2 cm³/mol. The third kappa shape index (κ3) is 3.40. The normalized spacial score (nSPS) is 20.5. The minimum Gasteiger partial charge on any atom is -0.358 e. The average Bonchev–Trinajstić information content (AvgIpc) is 3.16. The van der Waals surface area contributed by atoms with Gasteiger partial charge in [0.1, 0.15) is 5.69 Å². The smallest absolute Gasteiger partial charge is 0.236 e. The van der Waals surface area contributed by atoms with Crippen LogP contribution in [0.2, 0.25) is 5.02 Å². The van der Waals surface area contributed by atoms with Crippen molar-refractivity contribution >= 4 is 29.9 Å². The Morgan fingerprint density at radius 3 is 2.82 bits per heavy atom. The number of halogens is 2. The summed E-state index contributed by atoms with van der Waals surface area (Å²) in [6.07, 6.45) is 2.62. The Balaban J connectivity index is 0.00000176. The lowest BCUT2D eigenvalue weighted by atomic mass is 10.1. The number of aromatic nitrogens is 3. The number of amides is 1. The van der Waals surface area contributed by atoms with Crippen LogP contribution < -0.4 is 10.6 Å². The van der Waals surface area contributed by atoms with E-state index in [1.54, 1.807) is 7.05 Å². The highest BCUT2D eigenvalue weighted by atomic mass is 35.5. The molecule has 1 saturated heterocycles. The largest absolute Gasteiger partial charge is 0.358 e. The maximum Gasteiger partial charge on any atom is 0.236 e. The Bertz CT molecular complexity index is 643. The highest BCUT2D eigenvalue weighted by molar-refractivity contribution is 6.30. The molecule has 1 aromatic heterocycles. The maximum absolute atomic E-state index is 11.6. The van der Waals surface area contributed by atoms with Crippen LogP contribution in [-0.2, 0) is 4.79 Å². The Labute approximate surface area is 139 Å². The van der Waals surface area contributed by atoms with Gasteiger partial charge in [-0.1, -0.05) is 28.9 Å². The van der Waals surface area contributed by atoms with Gasteiger partial charge in [0.25, 0.3) is 0 Å². The average molecular weight is 342 g/mol. The fourth-order valence-electron chi connectivity index (χ4n) is 2.50. The Morgan fingerprint density at radius 1 is 1.41 bits per heavy atom. The minimum atomic E-state index is -0.164. The van der Waals surface area contributed by atoms with Crippen molar-refractivity contribution in [3.63, 3.8) is 0 Å². The second-order valence-corrected chi connectivity index (χ2v) is 5.49. The molecule has 22 heavy (non-hydrogen) atoms. The molecule has 6 nitrogen and oxygen atoms in total. The number of carbonyl (C=O) groups is 1. The zero-order valence-electron chi connectivity index (χ0n) is 12.0. The van der Waals surface area contributed by atoms with Crippen molar-refractivity contribution in [2.75, 3.05) is 13.6 Å². The highest BCUT2D eigenvalue weighted by Gasteiger charge is 2.30. The zero-order valence-corrected chi connectivity index (χ0v) is 13.6. The van der Waals surface area contributed by atoms with Gasteiger partial charge in [-0.15, -0.1) is 17.5 Å². The van der Waals surface area contributed by atoms with Crippen LogP contribution >= 0.6 is 24.0 Å². The summed E-state index contributed by atoms with van der Waals surface area (Å²) in [5.41, 5.74) is 1.77.